The lowest BCUT2D eigenvalue weighted by atomic mass is 9.99. The van der Waals surface area contributed by atoms with Gasteiger partial charge in [0.1, 0.15) is 15.7 Å². The summed E-state index contributed by atoms with van der Waals surface area (Å²) in [4.78, 5) is 25.6. The standard InChI is InChI=1S/C28H26N4O5S2/c1-18-8-10-19(11-9-18)14-25-30-31-28(38-25)29-27(34)21-12-13-23(37-2)24(15-21)39(35,36)32-17-22(16-26(32)33)20-6-4-3-5-7-20/h3-13,15,22H,14,16-17H2,1-2H3,(H,29,31,34). The van der Waals surface area contributed by atoms with Gasteiger partial charge in [-0.15, -0.1) is 10.2 Å². The summed E-state index contributed by atoms with van der Waals surface area (Å²) in [6.07, 6.45) is 0.653. The molecule has 11 heteroatoms. The molecule has 1 atom stereocenters. The number of amides is 2. The number of nitrogens with one attached hydrogen (secondary N) is 1. The molecular weight excluding hydrogens is 536 g/mol. The largest absolute Gasteiger partial charge is 0.495 e. The van der Waals surface area contributed by atoms with Crippen molar-refractivity contribution in [1.29, 1.82) is 0 Å². The van der Waals surface area contributed by atoms with E-state index in [0.717, 1.165) is 26.0 Å². The van der Waals surface area contributed by atoms with Crippen LogP contribution in [0.4, 0.5) is 5.13 Å². The number of carbonyl (C=O) groups is 2. The van der Waals surface area contributed by atoms with Crippen molar-refractivity contribution in [2.45, 2.75) is 30.6 Å². The highest BCUT2D eigenvalue weighted by atomic mass is 32.2. The van der Waals surface area contributed by atoms with Crippen LogP contribution in [0.5, 0.6) is 5.75 Å². The lowest BCUT2D eigenvalue weighted by molar-refractivity contribution is -0.123. The van der Waals surface area contributed by atoms with E-state index >= 15 is 0 Å². The number of ether oxygens (including phenoxy) is 1. The van der Waals surface area contributed by atoms with E-state index in [9.17, 15) is 18.0 Å². The maximum atomic E-state index is 13.6. The Morgan fingerprint density at radius 1 is 1.08 bits per heavy atom. The molecule has 1 saturated heterocycles. The number of sulfonamides is 1. The van der Waals surface area contributed by atoms with Gasteiger partial charge in [-0.3, -0.25) is 14.9 Å². The quantitative estimate of drug-likeness (QED) is 0.338. The third-order valence-electron chi connectivity index (χ3n) is 6.51. The van der Waals surface area contributed by atoms with Gasteiger partial charge in [-0.1, -0.05) is 71.5 Å². The van der Waals surface area contributed by atoms with Crippen molar-refractivity contribution in [3.63, 3.8) is 0 Å². The Hall–Kier alpha value is -4.09. The number of aromatic nitrogens is 2. The van der Waals surface area contributed by atoms with Crippen molar-refractivity contribution in [2.75, 3.05) is 19.0 Å². The van der Waals surface area contributed by atoms with Crippen molar-refractivity contribution in [3.05, 3.63) is 100 Å². The molecule has 9 nitrogen and oxygen atoms in total. The van der Waals surface area contributed by atoms with E-state index in [2.05, 4.69) is 15.5 Å². The van der Waals surface area contributed by atoms with Gasteiger partial charge in [0.15, 0.2) is 0 Å². The molecule has 0 radical (unpaired) electrons. The molecule has 1 fully saturated rings. The zero-order valence-electron chi connectivity index (χ0n) is 21.3. The fourth-order valence-electron chi connectivity index (χ4n) is 4.42. The van der Waals surface area contributed by atoms with E-state index in [-0.39, 0.29) is 35.1 Å². The third-order valence-corrected chi connectivity index (χ3v) is 9.16. The number of carbonyl (C=O) groups excluding carboxylic acids is 2. The third kappa shape index (κ3) is 5.69. The molecule has 0 saturated carbocycles. The van der Waals surface area contributed by atoms with Crippen molar-refractivity contribution in [2.24, 2.45) is 0 Å². The molecule has 0 spiro atoms. The summed E-state index contributed by atoms with van der Waals surface area (Å²) in [7, 11) is -2.94. The van der Waals surface area contributed by atoms with Crippen LogP contribution in [0.2, 0.25) is 0 Å². The number of aryl methyl sites for hydroxylation is 1. The van der Waals surface area contributed by atoms with Gasteiger partial charge in [-0.05, 0) is 36.2 Å². The fraction of sp³-hybridized carbons (Fsp3) is 0.214. The summed E-state index contributed by atoms with van der Waals surface area (Å²) in [6, 6.07) is 21.5. The second-order valence-corrected chi connectivity index (χ2v) is 12.1. The molecule has 1 aliphatic heterocycles. The van der Waals surface area contributed by atoms with Gasteiger partial charge in [0.2, 0.25) is 11.0 Å². The summed E-state index contributed by atoms with van der Waals surface area (Å²) in [5.74, 6) is -1.27. The molecule has 200 valence electrons. The van der Waals surface area contributed by atoms with Crippen LogP contribution in [0.15, 0.2) is 77.7 Å². The average molecular weight is 563 g/mol. The second-order valence-electron chi connectivity index (χ2n) is 9.22. The van der Waals surface area contributed by atoms with Crippen LogP contribution in [0.25, 0.3) is 0 Å². The van der Waals surface area contributed by atoms with Crippen LogP contribution in [-0.2, 0) is 21.2 Å². The summed E-state index contributed by atoms with van der Waals surface area (Å²) in [5.41, 5.74) is 3.21. The monoisotopic (exact) mass is 562 g/mol. The van der Waals surface area contributed by atoms with E-state index < -0.39 is 21.8 Å². The maximum Gasteiger partial charge on any atom is 0.270 e. The minimum atomic E-state index is -4.28. The first-order valence-electron chi connectivity index (χ1n) is 12.2. The van der Waals surface area contributed by atoms with E-state index in [4.69, 9.17) is 4.74 Å². The number of hydrogen-bond acceptors (Lipinski definition) is 8. The molecule has 39 heavy (non-hydrogen) atoms. The highest BCUT2D eigenvalue weighted by Gasteiger charge is 2.40. The van der Waals surface area contributed by atoms with Gasteiger partial charge in [0.25, 0.3) is 15.9 Å². The Balaban J connectivity index is 1.34. The topological polar surface area (TPSA) is 119 Å². The zero-order chi connectivity index (χ0) is 27.6. The molecule has 0 bridgehead atoms. The van der Waals surface area contributed by atoms with Gasteiger partial charge in [0.05, 0.1) is 7.11 Å². The Morgan fingerprint density at radius 2 is 1.82 bits per heavy atom. The fourth-order valence-corrected chi connectivity index (χ4v) is 6.83. The SMILES string of the molecule is COc1ccc(C(=O)Nc2nnc(Cc3ccc(C)cc3)s2)cc1S(=O)(=O)N1CC(c2ccccc2)CC1=O. The normalized spacial score (nSPS) is 15.4. The van der Waals surface area contributed by atoms with Crippen LogP contribution >= 0.6 is 11.3 Å². The molecule has 4 aromatic rings. The van der Waals surface area contributed by atoms with E-state index in [1.54, 1.807) is 0 Å². The lowest BCUT2D eigenvalue weighted by Gasteiger charge is -2.19. The zero-order valence-corrected chi connectivity index (χ0v) is 23.0. The number of rotatable bonds is 8. The smallest absolute Gasteiger partial charge is 0.270 e. The van der Waals surface area contributed by atoms with Gasteiger partial charge in [-0.2, -0.15) is 0 Å². The number of anilines is 1. The minimum absolute atomic E-state index is 0.0132. The summed E-state index contributed by atoms with van der Waals surface area (Å²) < 4.78 is 33.4. The molecule has 2 amide bonds. The highest BCUT2D eigenvalue weighted by Crippen LogP contribution is 2.35. The Kier molecular flexibility index (Phi) is 7.45. The minimum Gasteiger partial charge on any atom is -0.495 e. The molecule has 2 heterocycles. The Morgan fingerprint density at radius 3 is 2.54 bits per heavy atom. The van der Waals surface area contributed by atoms with Crippen LogP contribution in [0.1, 0.15) is 44.4 Å². The number of hydrogen-bond donors (Lipinski definition) is 1. The number of benzene rings is 3. The first-order valence-corrected chi connectivity index (χ1v) is 14.5. The first kappa shape index (κ1) is 26.5. The summed E-state index contributed by atoms with van der Waals surface area (Å²) in [6.45, 7) is 2.03. The number of methoxy groups -OCH3 is 1. The van der Waals surface area contributed by atoms with Crippen molar-refractivity contribution in [1.82, 2.24) is 14.5 Å². The second kappa shape index (κ2) is 11.0. The first-order chi connectivity index (χ1) is 18.7. The van der Waals surface area contributed by atoms with Gasteiger partial charge in [-0.25, -0.2) is 12.7 Å². The van der Waals surface area contributed by atoms with Gasteiger partial charge < -0.3 is 4.74 Å². The molecule has 5 rings (SSSR count). The molecular formula is C28H26N4O5S2. The Labute approximate surface area is 230 Å². The van der Waals surface area contributed by atoms with Crippen molar-refractivity contribution >= 4 is 38.3 Å². The molecule has 0 aliphatic carbocycles. The lowest BCUT2D eigenvalue weighted by Crippen LogP contribution is -2.32. The predicted octanol–water partition coefficient (Wildman–Crippen LogP) is 4.40. The summed E-state index contributed by atoms with van der Waals surface area (Å²) >= 11 is 1.24. The van der Waals surface area contributed by atoms with E-state index in [0.29, 0.717) is 11.6 Å². The van der Waals surface area contributed by atoms with Crippen LogP contribution < -0.4 is 10.1 Å². The molecule has 1 aliphatic rings. The number of nitrogens with zero attached hydrogens (tertiary/aromatic N) is 3. The predicted molar refractivity (Wildman–Crippen MR) is 148 cm³/mol. The van der Waals surface area contributed by atoms with Gasteiger partial charge >= 0.3 is 0 Å². The molecule has 3 aromatic carbocycles. The van der Waals surface area contributed by atoms with Crippen molar-refractivity contribution < 1.29 is 22.7 Å². The summed E-state index contributed by atoms with van der Waals surface area (Å²) in [5, 5.41) is 11.9. The maximum absolute atomic E-state index is 13.6. The highest BCUT2D eigenvalue weighted by molar-refractivity contribution is 7.89. The van der Waals surface area contributed by atoms with E-state index in [1.165, 1.54) is 36.6 Å². The van der Waals surface area contributed by atoms with E-state index in [1.807, 2.05) is 61.5 Å². The molecule has 1 unspecified atom stereocenters. The molecule has 1 N–H and O–H groups in total. The average Bonchev–Trinajstić information content (AvgIpc) is 3.56. The Bertz CT molecular complexity index is 1620. The van der Waals surface area contributed by atoms with Crippen LogP contribution in [0.3, 0.4) is 0 Å². The van der Waals surface area contributed by atoms with Gasteiger partial charge in [0, 0.05) is 30.9 Å². The van der Waals surface area contributed by atoms with Crippen LogP contribution in [0, 0.1) is 6.92 Å². The molecule has 1 aromatic heterocycles. The van der Waals surface area contributed by atoms with Crippen LogP contribution in [-0.4, -0.2) is 48.4 Å². The van der Waals surface area contributed by atoms with Crippen molar-refractivity contribution in [3.8, 4) is 5.75 Å².